The molecule has 4 aromatic rings. The minimum absolute atomic E-state index is 0.328. The highest BCUT2D eigenvalue weighted by molar-refractivity contribution is 5.44. The van der Waals surface area contributed by atoms with Gasteiger partial charge in [-0.1, -0.05) is 37.1 Å². The first-order valence-electron chi connectivity index (χ1n) is 12.9. The lowest BCUT2D eigenvalue weighted by molar-refractivity contribution is 0.274. The monoisotopic (exact) mass is 484 g/mol. The maximum atomic E-state index is 5.90. The van der Waals surface area contributed by atoms with E-state index in [4.69, 9.17) is 11.5 Å². The quantitative estimate of drug-likeness (QED) is 0.385. The second-order valence-electron chi connectivity index (χ2n) is 10.3. The Morgan fingerprint density at radius 3 is 1.39 bits per heavy atom. The summed E-state index contributed by atoms with van der Waals surface area (Å²) in [6.07, 6.45) is 11.3. The number of anilines is 2. The van der Waals surface area contributed by atoms with Crippen LogP contribution in [-0.2, 0) is 14.1 Å². The zero-order valence-electron chi connectivity index (χ0n) is 21.2. The molecule has 2 aliphatic rings. The van der Waals surface area contributed by atoms with Crippen molar-refractivity contribution in [3.63, 3.8) is 0 Å². The third-order valence-electron chi connectivity index (χ3n) is 7.83. The number of hydrogen-bond donors (Lipinski definition) is 2. The molecule has 0 saturated heterocycles. The van der Waals surface area contributed by atoms with Crippen LogP contribution in [0.4, 0.5) is 11.4 Å². The van der Waals surface area contributed by atoms with Gasteiger partial charge in [0, 0.05) is 37.3 Å². The van der Waals surface area contributed by atoms with Crippen LogP contribution in [0.15, 0.2) is 61.2 Å². The molecule has 2 fully saturated rings. The molecule has 0 bridgehead atoms. The minimum atomic E-state index is 0.328. The second kappa shape index (κ2) is 10.5. The van der Waals surface area contributed by atoms with E-state index < -0.39 is 0 Å². The molecule has 2 aliphatic carbocycles. The third kappa shape index (κ3) is 4.98. The molecule has 4 N–H and O–H groups in total. The van der Waals surface area contributed by atoms with Crippen LogP contribution in [0.3, 0.4) is 0 Å². The van der Waals surface area contributed by atoms with E-state index in [1.807, 2.05) is 47.5 Å². The largest absolute Gasteiger partial charge is 0.399 e. The average molecular weight is 485 g/mol. The molecule has 8 heteroatoms. The van der Waals surface area contributed by atoms with Gasteiger partial charge in [0.05, 0.1) is 0 Å². The predicted octanol–water partition coefficient (Wildman–Crippen LogP) is 4.66. The van der Waals surface area contributed by atoms with Gasteiger partial charge in [0.2, 0.25) is 0 Å². The third-order valence-corrected chi connectivity index (χ3v) is 7.83. The van der Waals surface area contributed by atoms with E-state index in [1.54, 1.807) is 12.7 Å². The van der Waals surface area contributed by atoms with Gasteiger partial charge in [0.15, 0.2) is 0 Å². The Morgan fingerprint density at radius 2 is 1.11 bits per heavy atom. The van der Waals surface area contributed by atoms with Gasteiger partial charge in [-0.3, -0.25) is 0 Å². The van der Waals surface area contributed by atoms with E-state index >= 15 is 0 Å². The molecule has 6 rings (SSSR count). The molecule has 2 aromatic carbocycles. The summed E-state index contributed by atoms with van der Waals surface area (Å²) < 4.78 is 4.04. The molecule has 2 atom stereocenters. The van der Waals surface area contributed by atoms with Crippen molar-refractivity contribution in [2.24, 2.45) is 25.9 Å². The summed E-state index contributed by atoms with van der Waals surface area (Å²) in [5, 5.41) is 16.6. The number of rotatable bonds is 6. The summed E-state index contributed by atoms with van der Waals surface area (Å²) in [7, 11) is 4.01. The Kier molecular flexibility index (Phi) is 7.02. The van der Waals surface area contributed by atoms with Crippen LogP contribution in [0, 0.1) is 11.8 Å². The van der Waals surface area contributed by atoms with E-state index in [-0.39, 0.29) is 0 Å². The van der Waals surface area contributed by atoms with E-state index in [0.29, 0.717) is 23.7 Å². The van der Waals surface area contributed by atoms with Crippen molar-refractivity contribution in [1.29, 1.82) is 0 Å². The number of benzene rings is 2. The number of aryl methyl sites for hydroxylation is 2. The fourth-order valence-electron chi connectivity index (χ4n) is 5.46. The Morgan fingerprint density at radius 1 is 0.694 bits per heavy atom. The highest BCUT2D eigenvalue weighted by Crippen LogP contribution is 2.43. The number of nitrogen functional groups attached to an aromatic ring is 2. The van der Waals surface area contributed by atoms with Gasteiger partial charge in [-0.2, -0.15) is 0 Å². The van der Waals surface area contributed by atoms with Crippen LogP contribution in [0.2, 0.25) is 0 Å². The van der Waals surface area contributed by atoms with Gasteiger partial charge in [0.25, 0.3) is 0 Å². The van der Waals surface area contributed by atoms with Crippen molar-refractivity contribution in [3.8, 4) is 0 Å². The van der Waals surface area contributed by atoms with Crippen LogP contribution >= 0.6 is 0 Å². The molecular formula is C28H36N8. The molecule has 2 aromatic heterocycles. The zero-order valence-corrected chi connectivity index (χ0v) is 21.2. The molecule has 0 spiro atoms. The molecule has 8 nitrogen and oxygen atoms in total. The van der Waals surface area contributed by atoms with E-state index in [1.165, 1.54) is 49.7 Å². The topological polar surface area (TPSA) is 113 Å². The van der Waals surface area contributed by atoms with Crippen LogP contribution in [0.1, 0.15) is 73.1 Å². The molecule has 2 heterocycles. The smallest absolute Gasteiger partial charge is 0.140 e. The van der Waals surface area contributed by atoms with Gasteiger partial charge in [-0.05, 0) is 72.9 Å². The maximum Gasteiger partial charge on any atom is 0.140 e. The number of hydrogen-bond acceptors (Lipinski definition) is 6. The molecule has 188 valence electrons. The number of aromatic nitrogens is 6. The lowest BCUT2D eigenvalue weighted by Crippen LogP contribution is -2.24. The molecular weight excluding hydrogens is 448 g/mol. The molecule has 0 radical (unpaired) electrons. The fourth-order valence-corrected chi connectivity index (χ4v) is 5.46. The van der Waals surface area contributed by atoms with Crippen molar-refractivity contribution in [2.75, 3.05) is 11.5 Å². The molecule has 0 unspecified atom stereocenters. The normalized spacial score (nSPS) is 17.4. The summed E-state index contributed by atoms with van der Waals surface area (Å²) >= 11 is 0. The van der Waals surface area contributed by atoms with E-state index in [2.05, 4.69) is 44.7 Å². The Bertz CT molecular complexity index is 1180. The fraction of sp³-hybridized carbons (Fsp3) is 0.429. The van der Waals surface area contributed by atoms with E-state index in [0.717, 1.165) is 23.0 Å². The standard InChI is InChI=1S/2C14H18N4/c2*1-18-9-16-17-14(18)13(10-4-2-5-10)11-6-3-7-12(15)8-11/h2*3,6-10,13H,2,4-5,15H2,1H3/t2*13-/m10/s1. The average Bonchev–Trinajstić information content (AvgIpc) is 3.41. The Labute approximate surface area is 212 Å². The van der Waals surface area contributed by atoms with Crippen LogP contribution in [0.5, 0.6) is 0 Å². The number of nitrogens with zero attached hydrogens (tertiary/aromatic N) is 6. The van der Waals surface area contributed by atoms with Crippen molar-refractivity contribution >= 4 is 11.4 Å². The Hall–Kier alpha value is -3.68. The summed E-state index contributed by atoms with van der Waals surface area (Å²) in [6.45, 7) is 0. The van der Waals surface area contributed by atoms with Crippen LogP contribution in [0.25, 0.3) is 0 Å². The first-order valence-corrected chi connectivity index (χ1v) is 12.9. The van der Waals surface area contributed by atoms with Crippen molar-refractivity contribution in [2.45, 2.75) is 50.4 Å². The minimum Gasteiger partial charge on any atom is -0.399 e. The first kappa shape index (κ1) is 24.0. The summed E-state index contributed by atoms with van der Waals surface area (Å²) in [5.74, 6) is 4.10. The predicted molar refractivity (Wildman–Crippen MR) is 142 cm³/mol. The van der Waals surface area contributed by atoms with E-state index in [9.17, 15) is 0 Å². The van der Waals surface area contributed by atoms with Gasteiger partial charge >= 0.3 is 0 Å². The highest BCUT2D eigenvalue weighted by atomic mass is 15.3. The highest BCUT2D eigenvalue weighted by Gasteiger charge is 2.33. The molecule has 36 heavy (non-hydrogen) atoms. The zero-order chi connectivity index (χ0) is 25.1. The van der Waals surface area contributed by atoms with Gasteiger partial charge in [-0.15, -0.1) is 20.4 Å². The lowest BCUT2D eigenvalue weighted by atomic mass is 9.72. The Balaban J connectivity index is 0.000000148. The first-order chi connectivity index (χ1) is 17.5. The summed E-state index contributed by atoms with van der Waals surface area (Å²) in [6, 6.07) is 16.3. The van der Waals surface area contributed by atoms with Gasteiger partial charge in [-0.25, -0.2) is 0 Å². The number of nitrogens with two attached hydrogens (primary N) is 2. The van der Waals surface area contributed by atoms with Crippen molar-refractivity contribution in [3.05, 3.63) is 84.0 Å². The molecule has 0 aliphatic heterocycles. The molecule has 2 saturated carbocycles. The second-order valence-corrected chi connectivity index (χ2v) is 10.3. The van der Waals surface area contributed by atoms with Gasteiger partial charge < -0.3 is 20.6 Å². The van der Waals surface area contributed by atoms with Gasteiger partial charge in [0.1, 0.15) is 24.3 Å². The van der Waals surface area contributed by atoms with Crippen LogP contribution in [-0.4, -0.2) is 29.5 Å². The SMILES string of the molecule is Cn1cnnc1[C@@H](c1cccc(N)c1)C1CCC1.Cn1cnnc1[C@H](c1cccc(N)c1)C1CCC1. The summed E-state index contributed by atoms with van der Waals surface area (Å²) in [4.78, 5) is 0. The van der Waals surface area contributed by atoms with Crippen molar-refractivity contribution < 1.29 is 0 Å². The van der Waals surface area contributed by atoms with Crippen LogP contribution < -0.4 is 11.5 Å². The lowest BCUT2D eigenvalue weighted by Gasteiger charge is -2.33. The maximum absolute atomic E-state index is 5.90. The summed E-state index contributed by atoms with van der Waals surface area (Å²) in [5.41, 5.74) is 16.0. The molecule has 0 amide bonds. The van der Waals surface area contributed by atoms with Crippen molar-refractivity contribution in [1.82, 2.24) is 29.5 Å².